The number of carbonyl (C=O) groups excluding carboxylic acids is 1. The number of ether oxygens (including phenoxy) is 1. The molecular weight excluding hydrogens is 242 g/mol. The van der Waals surface area contributed by atoms with Gasteiger partial charge in [-0.15, -0.1) is 11.8 Å². The van der Waals surface area contributed by atoms with Gasteiger partial charge in [0.2, 0.25) is 5.91 Å². The van der Waals surface area contributed by atoms with Crippen LogP contribution < -0.4 is 0 Å². The van der Waals surface area contributed by atoms with E-state index in [0.29, 0.717) is 12.4 Å². The van der Waals surface area contributed by atoms with Crippen LogP contribution in [0.1, 0.15) is 26.7 Å². The fourth-order valence-electron chi connectivity index (χ4n) is 1.78. The van der Waals surface area contributed by atoms with Gasteiger partial charge in [0.05, 0.1) is 5.37 Å². The van der Waals surface area contributed by atoms with Crippen molar-refractivity contribution in [1.29, 1.82) is 0 Å². The van der Waals surface area contributed by atoms with Gasteiger partial charge in [0.15, 0.2) is 0 Å². The lowest BCUT2D eigenvalue weighted by molar-refractivity contribution is -0.151. The summed E-state index contributed by atoms with van der Waals surface area (Å²) in [7, 11) is 0. The number of hydrogen-bond donors (Lipinski definition) is 1. The molecule has 1 saturated heterocycles. The Hall–Kier alpha value is -0.750. The van der Waals surface area contributed by atoms with E-state index >= 15 is 0 Å². The van der Waals surface area contributed by atoms with Gasteiger partial charge < -0.3 is 14.7 Å². The molecule has 0 aromatic rings. The van der Waals surface area contributed by atoms with Crippen molar-refractivity contribution in [2.45, 2.75) is 38.1 Å². The van der Waals surface area contributed by atoms with Gasteiger partial charge in [-0.25, -0.2) is 4.79 Å². The molecule has 0 spiro atoms. The third kappa shape index (κ3) is 3.61. The molecule has 2 unspecified atom stereocenters. The van der Waals surface area contributed by atoms with Crippen LogP contribution in [0.15, 0.2) is 0 Å². The van der Waals surface area contributed by atoms with Crippen LogP contribution in [0.25, 0.3) is 0 Å². The second-order valence-electron chi connectivity index (χ2n) is 3.90. The van der Waals surface area contributed by atoms with E-state index in [-0.39, 0.29) is 17.9 Å². The van der Waals surface area contributed by atoms with E-state index in [2.05, 4.69) is 0 Å². The summed E-state index contributed by atoms with van der Waals surface area (Å²) < 4.78 is 5.18. The predicted molar refractivity (Wildman–Crippen MR) is 65.9 cm³/mol. The molecule has 0 saturated carbocycles. The van der Waals surface area contributed by atoms with E-state index < -0.39 is 12.0 Å². The molecule has 1 aliphatic rings. The maximum absolute atomic E-state index is 11.9. The maximum Gasteiger partial charge on any atom is 0.327 e. The third-order valence-corrected chi connectivity index (χ3v) is 4.04. The average Bonchev–Trinajstić information content (AvgIpc) is 2.72. The van der Waals surface area contributed by atoms with E-state index in [0.717, 1.165) is 12.8 Å². The lowest BCUT2D eigenvalue weighted by atomic mass is 10.2. The predicted octanol–water partition coefficient (Wildman–Crippen LogP) is 1.18. The van der Waals surface area contributed by atoms with E-state index in [1.807, 2.05) is 13.8 Å². The minimum Gasteiger partial charge on any atom is -0.480 e. The Balaban J connectivity index is 2.61. The number of hydrogen-bond acceptors (Lipinski definition) is 4. The van der Waals surface area contributed by atoms with Gasteiger partial charge in [0.25, 0.3) is 0 Å². The Bertz CT molecular complexity index is 285. The zero-order valence-electron chi connectivity index (χ0n) is 10.2. The lowest BCUT2D eigenvalue weighted by Crippen LogP contribution is -2.47. The van der Waals surface area contributed by atoms with Crippen molar-refractivity contribution in [2.75, 3.05) is 19.0 Å². The number of carbonyl (C=O) groups is 2. The molecule has 6 heteroatoms. The minimum absolute atomic E-state index is 0.0192. The Labute approximate surface area is 105 Å². The van der Waals surface area contributed by atoms with Crippen molar-refractivity contribution in [3.63, 3.8) is 0 Å². The van der Waals surface area contributed by atoms with E-state index in [1.54, 1.807) is 0 Å². The highest BCUT2D eigenvalue weighted by atomic mass is 32.2. The summed E-state index contributed by atoms with van der Waals surface area (Å²) in [6, 6.07) is -0.706. The Morgan fingerprint density at radius 3 is 2.71 bits per heavy atom. The summed E-state index contributed by atoms with van der Waals surface area (Å²) in [6.45, 7) is 4.43. The first-order chi connectivity index (χ1) is 8.11. The van der Waals surface area contributed by atoms with Gasteiger partial charge in [-0.2, -0.15) is 0 Å². The van der Waals surface area contributed by atoms with Crippen LogP contribution in [0.3, 0.4) is 0 Å². The SMILES string of the molecule is CCCOCC(=O)N1C(CC)SCC1C(=O)O. The average molecular weight is 261 g/mol. The second-order valence-corrected chi connectivity index (χ2v) is 5.11. The summed E-state index contributed by atoms with van der Waals surface area (Å²) in [6.07, 6.45) is 1.61. The summed E-state index contributed by atoms with van der Waals surface area (Å²) in [5, 5.41) is 9.04. The summed E-state index contributed by atoms with van der Waals surface area (Å²) in [5.74, 6) is -0.687. The van der Waals surface area contributed by atoms with E-state index in [9.17, 15) is 9.59 Å². The Morgan fingerprint density at radius 1 is 1.47 bits per heavy atom. The fraction of sp³-hybridized carbons (Fsp3) is 0.818. The number of rotatable bonds is 6. The first-order valence-corrected chi connectivity index (χ1v) is 6.90. The zero-order valence-corrected chi connectivity index (χ0v) is 11.0. The van der Waals surface area contributed by atoms with Gasteiger partial charge in [-0.3, -0.25) is 4.79 Å². The molecule has 0 aromatic heterocycles. The molecule has 1 rings (SSSR count). The number of nitrogens with zero attached hydrogens (tertiary/aromatic N) is 1. The molecule has 2 atom stereocenters. The maximum atomic E-state index is 11.9. The van der Waals surface area contributed by atoms with Crippen molar-refractivity contribution >= 4 is 23.6 Å². The van der Waals surface area contributed by atoms with Gasteiger partial charge in [-0.05, 0) is 12.8 Å². The molecule has 1 aliphatic heterocycles. The fourth-order valence-corrected chi connectivity index (χ4v) is 3.15. The van der Waals surface area contributed by atoms with Crippen molar-refractivity contribution in [3.05, 3.63) is 0 Å². The minimum atomic E-state index is -0.933. The van der Waals surface area contributed by atoms with Crippen LogP contribution >= 0.6 is 11.8 Å². The van der Waals surface area contributed by atoms with Crippen LogP contribution in [-0.2, 0) is 14.3 Å². The molecule has 17 heavy (non-hydrogen) atoms. The molecule has 5 nitrogen and oxygen atoms in total. The van der Waals surface area contributed by atoms with Gasteiger partial charge in [-0.1, -0.05) is 13.8 Å². The molecule has 1 fully saturated rings. The number of thioether (sulfide) groups is 1. The molecule has 0 radical (unpaired) electrons. The molecule has 98 valence electrons. The number of carboxylic acid groups (broad SMARTS) is 1. The highest BCUT2D eigenvalue weighted by Gasteiger charge is 2.40. The van der Waals surface area contributed by atoms with Crippen LogP contribution in [0.5, 0.6) is 0 Å². The van der Waals surface area contributed by atoms with Crippen LogP contribution in [0.4, 0.5) is 0 Å². The Morgan fingerprint density at radius 2 is 2.18 bits per heavy atom. The lowest BCUT2D eigenvalue weighted by Gasteiger charge is -2.26. The van der Waals surface area contributed by atoms with Crippen molar-refractivity contribution < 1.29 is 19.4 Å². The van der Waals surface area contributed by atoms with E-state index in [4.69, 9.17) is 9.84 Å². The molecular formula is C11H19NO4S. The standard InChI is InChI=1S/C11H19NO4S/c1-3-5-16-6-9(13)12-8(11(14)15)7-17-10(12)4-2/h8,10H,3-7H2,1-2H3,(H,14,15). The van der Waals surface area contributed by atoms with Crippen LogP contribution in [0.2, 0.25) is 0 Å². The first kappa shape index (κ1) is 14.3. The molecule has 0 aliphatic carbocycles. The monoisotopic (exact) mass is 261 g/mol. The molecule has 1 N–H and O–H groups in total. The summed E-state index contributed by atoms with van der Waals surface area (Å²) in [5.41, 5.74) is 0. The molecule has 0 aromatic carbocycles. The first-order valence-electron chi connectivity index (χ1n) is 5.85. The summed E-state index contributed by atoms with van der Waals surface area (Å²) in [4.78, 5) is 24.4. The normalized spacial score (nSPS) is 24.0. The van der Waals surface area contributed by atoms with E-state index in [1.165, 1.54) is 16.7 Å². The second kappa shape index (κ2) is 6.86. The highest BCUT2D eigenvalue weighted by Crippen LogP contribution is 2.31. The van der Waals surface area contributed by atoms with Crippen LogP contribution in [-0.4, -0.2) is 52.3 Å². The smallest absolute Gasteiger partial charge is 0.327 e. The molecule has 0 bridgehead atoms. The topological polar surface area (TPSA) is 66.8 Å². The quantitative estimate of drug-likeness (QED) is 0.727. The van der Waals surface area contributed by atoms with Gasteiger partial charge >= 0.3 is 5.97 Å². The number of amides is 1. The summed E-state index contributed by atoms with van der Waals surface area (Å²) >= 11 is 1.52. The van der Waals surface area contributed by atoms with Crippen molar-refractivity contribution in [2.24, 2.45) is 0 Å². The van der Waals surface area contributed by atoms with Gasteiger partial charge in [0, 0.05) is 12.4 Å². The number of aliphatic carboxylic acids is 1. The van der Waals surface area contributed by atoms with Crippen LogP contribution in [0, 0.1) is 0 Å². The third-order valence-electron chi connectivity index (χ3n) is 2.59. The van der Waals surface area contributed by atoms with Gasteiger partial charge in [0.1, 0.15) is 12.6 Å². The van der Waals surface area contributed by atoms with Crippen molar-refractivity contribution in [1.82, 2.24) is 4.90 Å². The Kier molecular flexibility index (Phi) is 5.77. The van der Waals surface area contributed by atoms with Crippen molar-refractivity contribution in [3.8, 4) is 0 Å². The zero-order chi connectivity index (χ0) is 12.8. The highest BCUT2D eigenvalue weighted by molar-refractivity contribution is 8.00. The molecule has 1 amide bonds. The number of carboxylic acids is 1. The largest absolute Gasteiger partial charge is 0.480 e. The molecule has 1 heterocycles.